The molecule has 0 aromatic heterocycles. The molecule has 0 unspecified atom stereocenters. The minimum Gasteiger partial charge on any atom is -0.309 e. The van der Waals surface area contributed by atoms with Crippen LogP contribution in [0.3, 0.4) is 0 Å². The molecule has 0 aliphatic heterocycles. The Balaban J connectivity index is 1.97. The van der Waals surface area contributed by atoms with Crippen LogP contribution in [0.4, 0.5) is 13.2 Å². The summed E-state index contributed by atoms with van der Waals surface area (Å²) in [4.78, 5) is 0. The lowest BCUT2D eigenvalue weighted by molar-refractivity contribution is -0.137. The van der Waals surface area contributed by atoms with Crippen molar-refractivity contribution in [1.29, 1.82) is 0 Å². The van der Waals surface area contributed by atoms with Gasteiger partial charge in [-0.05, 0) is 41.8 Å². The van der Waals surface area contributed by atoms with Gasteiger partial charge in [0.1, 0.15) is 0 Å². The van der Waals surface area contributed by atoms with Crippen LogP contribution in [0.5, 0.6) is 0 Å². The number of benzene rings is 2. The lowest BCUT2D eigenvalue weighted by atomic mass is 10.1. The molecule has 0 saturated heterocycles. The zero-order valence-electron chi connectivity index (χ0n) is 11.5. The van der Waals surface area contributed by atoms with Crippen LogP contribution in [0.2, 0.25) is 5.02 Å². The maximum absolute atomic E-state index is 12.6. The van der Waals surface area contributed by atoms with E-state index in [4.69, 9.17) is 11.6 Å². The molecule has 0 bridgehead atoms. The van der Waals surface area contributed by atoms with Crippen molar-refractivity contribution in [3.05, 3.63) is 69.7 Å². The van der Waals surface area contributed by atoms with Crippen molar-refractivity contribution in [2.75, 3.05) is 0 Å². The number of alkyl halides is 3. The normalized spacial score (nSPS) is 11.7. The highest BCUT2D eigenvalue weighted by Gasteiger charge is 2.30. The number of halogens is 4. The Morgan fingerprint density at radius 1 is 1.05 bits per heavy atom. The molecule has 0 aliphatic carbocycles. The van der Waals surface area contributed by atoms with Crippen LogP contribution in [0.25, 0.3) is 0 Å². The van der Waals surface area contributed by atoms with Gasteiger partial charge >= 0.3 is 6.18 Å². The van der Waals surface area contributed by atoms with Crippen LogP contribution in [0.1, 0.15) is 22.3 Å². The third-order valence-electron chi connectivity index (χ3n) is 3.20. The highest BCUT2D eigenvalue weighted by atomic mass is 35.5. The van der Waals surface area contributed by atoms with Gasteiger partial charge in [-0.3, -0.25) is 0 Å². The van der Waals surface area contributed by atoms with Gasteiger partial charge in [-0.1, -0.05) is 35.9 Å². The molecule has 1 N–H and O–H groups in total. The van der Waals surface area contributed by atoms with Gasteiger partial charge in [0.25, 0.3) is 0 Å². The molecule has 0 atom stereocenters. The van der Waals surface area contributed by atoms with Crippen LogP contribution >= 0.6 is 11.6 Å². The predicted octanol–water partition coefficient (Wildman–Crippen LogP) is 4.96. The summed E-state index contributed by atoms with van der Waals surface area (Å²) >= 11 is 5.88. The largest absolute Gasteiger partial charge is 0.416 e. The lowest BCUT2D eigenvalue weighted by Gasteiger charge is -2.11. The number of rotatable bonds is 4. The van der Waals surface area contributed by atoms with Crippen LogP contribution in [0.15, 0.2) is 42.5 Å². The van der Waals surface area contributed by atoms with E-state index in [-0.39, 0.29) is 0 Å². The van der Waals surface area contributed by atoms with Gasteiger partial charge < -0.3 is 5.32 Å². The Bertz CT molecular complexity index is 623. The minimum absolute atomic E-state index is 0.381. The van der Waals surface area contributed by atoms with Gasteiger partial charge in [0.05, 0.1) is 5.56 Å². The fraction of sp³-hybridized carbons (Fsp3) is 0.250. The van der Waals surface area contributed by atoms with Crippen LogP contribution in [0, 0.1) is 6.92 Å². The molecule has 5 heteroatoms. The van der Waals surface area contributed by atoms with E-state index in [0.29, 0.717) is 23.7 Å². The van der Waals surface area contributed by atoms with E-state index in [1.165, 1.54) is 12.1 Å². The van der Waals surface area contributed by atoms with E-state index in [0.717, 1.165) is 17.2 Å². The lowest BCUT2D eigenvalue weighted by Crippen LogP contribution is -2.14. The standard InChI is InChI=1S/C16H15ClF3N/c1-11-7-15(17)6-5-13(11)10-21-9-12-3-2-4-14(8-12)16(18,19)20/h2-8,21H,9-10H2,1H3. The van der Waals surface area contributed by atoms with Gasteiger partial charge in [-0.2, -0.15) is 13.2 Å². The summed E-state index contributed by atoms with van der Waals surface area (Å²) in [7, 11) is 0. The van der Waals surface area contributed by atoms with Gasteiger partial charge in [0.2, 0.25) is 0 Å². The molecular formula is C16H15ClF3N. The molecule has 0 saturated carbocycles. The van der Waals surface area contributed by atoms with Crippen LogP contribution in [-0.2, 0) is 19.3 Å². The van der Waals surface area contributed by atoms with E-state index in [1.807, 2.05) is 19.1 Å². The Kier molecular flexibility index (Phi) is 4.91. The highest BCUT2D eigenvalue weighted by Crippen LogP contribution is 2.29. The second-order valence-electron chi connectivity index (χ2n) is 4.87. The van der Waals surface area contributed by atoms with E-state index >= 15 is 0 Å². The minimum atomic E-state index is -4.30. The summed E-state index contributed by atoms with van der Waals surface area (Å²) < 4.78 is 37.8. The molecule has 1 nitrogen and oxygen atoms in total. The molecule has 0 fully saturated rings. The van der Waals surface area contributed by atoms with E-state index in [9.17, 15) is 13.2 Å². The molecule has 0 heterocycles. The molecule has 0 spiro atoms. The first kappa shape index (κ1) is 15.9. The monoisotopic (exact) mass is 313 g/mol. The maximum Gasteiger partial charge on any atom is 0.416 e. The first-order valence-corrected chi connectivity index (χ1v) is 6.86. The summed E-state index contributed by atoms with van der Waals surface area (Å²) in [5.74, 6) is 0. The third-order valence-corrected chi connectivity index (χ3v) is 3.44. The molecular weight excluding hydrogens is 299 g/mol. The maximum atomic E-state index is 12.6. The Morgan fingerprint density at radius 3 is 2.48 bits per heavy atom. The summed E-state index contributed by atoms with van der Waals surface area (Å²) in [6.07, 6.45) is -4.30. The smallest absolute Gasteiger partial charge is 0.309 e. The zero-order chi connectivity index (χ0) is 15.5. The van der Waals surface area contributed by atoms with Gasteiger partial charge in [-0.15, -0.1) is 0 Å². The Morgan fingerprint density at radius 2 is 1.81 bits per heavy atom. The number of aryl methyl sites for hydroxylation is 1. The van der Waals surface area contributed by atoms with E-state index < -0.39 is 11.7 Å². The summed E-state index contributed by atoms with van der Waals surface area (Å²) in [5.41, 5.74) is 2.12. The molecule has 21 heavy (non-hydrogen) atoms. The predicted molar refractivity (Wildman–Crippen MR) is 78.2 cm³/mol. The highest BCUT2D eigenvalue weighted by molar-refractivity contribution is 6.30. The van der Waals surface area contributed by atoms with Gasteiger partial charge in [0.15, 0.2) is 0 Å². The average molecular weight is 314 g/mol. The molecule has 2 rings (SSSR count). The molecule has 2 aromatic carbocycles. The first-order valence-electron chi connectivity index (χ1n) is 6.48. The Labute approximate surface area is 126 Å². The van der Waals surface area contributed by atoms with Gasteiger partial charge in [-0.25, -0.2) is 0 Å². The van der Waals surface area contributed by atoms with Crippen molar-refractivity contribution in [3.63, 3.8) is 0 Å². The van der Waals surface area contributed by atoms with E-state index in [1.54, 1.807) is 12.1 Å². The summed E-state index contributed by atoms with van der Waals surface area (Å²) in [6, 6.07) is 10.9. The number of nitrogens with one attached hydrogen (secondary N) is 1. The zero-order valence-corrected chi connectivity index (χ0v) is 12.2. The third kappa shape index (κ3) is 4.48. The first-order chi connectivity index (χ1) is 9.86. The SMILES string of the molecule is Cc1cc(Cl)ccc1CNCc1cccc(C(F)(F)F)c1. The van der Waals surface area contributed by atoms with Crippen molar-refractivity contribution >= 4 is 11.6 Å². The van der Waals surface area contributed by atoms with Crippen molar-refractivity contribution in [3.8, 4) is 0 Å². The van der Waals surface area contributed by atoms with Crippen molar-refractivity contribution in [2.24, 2.45) is 0 Å². The fourth-order valence-electron chi connectivity index (χ4n) is 2.06. The van der Waals surface area contributed by atoms with E-state index in [2.05, 4.69) is 5.32 Å². The molecule has 0 radical (unpaired) electrons. The topological polar surface area (TPSA) is 12.0 Å². The van der Waals surface area contributed by atoms with Crippen molar-refractivity contribution in [1.82, 2.24) is 5.32 Å². The molecule has 112 valence electrons. The van der Waals surface area contributed by atoms with Crippen molar-refractivity contribution in [2.45, 2.75) is 26.2 Å². The second kappa shape index (κ2) is 6.50. The summed E-state index contributed by atoms with van der Waals surface area (Å²) in [6.45, 7) is 2.92. The average Bonchev–Trinajstić information content (AvgIpc) is 2.41. The van der Waals surface area contributed by atoms with Crippen LogP contribution in [-0.4, -0.2) is 0 Å². The number of hydrogen-bond acceptors (Lipinski definition) is 1. The van der Waals surface area contributed by atoms with Gasteiger partial charge in [0, 0.05) is 18.1 Å². The molecule has 0 aliphatic rings. The molecule has 0 amide bonds. The fourth-order valence-corrected chi connectivity index (χ4v) is 2.28. The number of hydrogen-bond donors (Lipinski definition) is 1. The molecule has 2 aromatic rings. The van der Waals surface area contributed by atoms with Crippen LogP contribution < -0.4 is 5.32 Å². The summed E-state index contributed by atoms with van der Waals surface area (Å²) in [5, 5.41) is 3.82. The van der Waals surface area contributed by atoms with Crippen molar-refractivity contribution < 1.29 is 13.2 Å². The quantitative estimate of drug-likeness (QED) is 0.841. The Hall–Kier alpha value is -1.52. The second-order valence-corrected chi connectivity index (χ2v) is 5.31.